The molecule has 0 aliphatic carbocycles. The van der Waals surface area contributed by atoms with Crippen LogP contribution in [0.5, 0.6) is 0 Å². The Hall–Kier alpha value is -1.01. The van der Waals surface area contributed by atoms with E-state index < -0.39 is 0 Å². The fourth-order valence-corrected chi connectivity index (χ4v) is 3.78. The summed E-state index contributed by atoms with van der Waals surface area (Å²) >= 11 is 2.02. The molecule has 0 amide bonds. The van der Waals surface area contributed by atoms with Crippen molar-refractivity contribution in [2.45, 2.75) is 12.8 Å². The Kier molecular flexibility index (Phi) is 4.62. The predicted molar refractivity (Wildman–Crippen MR) is 85.6 cm³/mol. The van der Waals surface area contributed by atoms with Gasteiger partial charge in [0.2, 0.25) is 0 Å². The zero-order valence-electron chi connectivity index (χ0n) is 11.9. The minimum absolute atomic E-state index is 0.687. The highest BCUT2D eigenvalue weighted by Gasteiger charge is 2.20. The lowest BCUT2D eigenvalue weighted by Crippen LogP contribution is -2.37. The van der Waals surface area contributed by atoms with Crippen molar-refractivity contribution in [3.8, 4) is 0 Å². The van der Waals surface area contributed by atoms with Gasteiger partial charge in [-0.15, -0.1) is 0 Å². The van der Waals surface area contributed by atoms with Crippen LogP contribution >= 0.6 is 11.8 Å². The molecule has 1 aromatic heterocycles. The molecule has 0 atom stereocenters. The van der Waals surface area contributed by atoms with E-state index in [0.717, 1.165) is 44.4 Å². The van der Waals surface area contributed by atoms with Crippen LogP contribution in [-0.2, 0) is 0 Å². The Balaban J connectivity index is 1.68. The summed E-state index contributed by atoms with van der Waals surface area (Å²) in [5, 5.41) is 0. The first-order chi connectivity index (χ1) is 9.86. The van der Waals surface area contributed by atoms with Crippen LogP contribution in [0.4, 0.5) is 11.6 Å². The molecule has 110 valence electrons. The maximum atomic E-state index is 5.76. The first-order valence-electron chi connectivity index (χ1n) is 7.46. The maximum absolute atomic E-state index is 5.76. The van der Waals surface area contributed by atoms with Gasteiger partial charge in [0.05, 0.1) is 0 Å². The van der Waals surface area contributed by atoms with E-state index in [9.17, 15) is 0 Å². The van der Waals surface area contributed by atoms with Crippen LogP contribution in [0.2, 0.25) is 0 Å². The molecule has 1 aromatic rings. The number of anilines is 2. The third-order valence-corrected chi connectivity index (χ3v) is 5.19. The summed E-state index contributed by atoms with van der Waals surface area (Å²) in [7, 11) is 0. The van der Waals surface area contributed by atoms with Gasteiger partial charge in [0.1, 0.15) is 18.0 Å². The van der Waals surface area contributed by atoms with Gasteiger partial charge in [-0.25, -0.2) is 9.97 Å². The largest absolute Gasteiger partial charge is 0.356 e. The molecule has 0 spiro atoms. The molecule has 20 heavy (non-hydrogen) atoms. The summed E-state index contributed by atoms with van der Waals surface area (Å²) < 4.78 is 0. The quantitative estimate of drug-likeness (QED) is 0.904. The second-order valence-electron chi connectivity index (χ2n) is 5.50. The van der Waals surface area contributed by atoms with Crippen LogP contribution < -0.4 is 15.5 Å². The van der Waals surface area contributed by atoms with Gasteiger partial charge in [-0.05, 0) is 25.3 Å². The second kappa shape index (κ2) is 6.63. The Labute approximate surface area is 124 Å². The van der Waals surface area contributed by atoms with E-state index in [-0.39, 0.29) is 0 Å². The average Bonchev–Trinajstić information content (AvgIpc) is 2.56. The fourth-order valence-electron chi connectivity index (χ4n) is 2.87. The van der Waals surface area contributed by atoms with Gasteiger partial charge >= 0.3 is 0 Å². The molecule has 5 nitrogen and oxygen atoms in total. The van der Waals surface area contributed by atoms with Crippen molar-refractivity contribution in [1.29, 1.82) is 0 Å². The second-order valence-corrected chi connectivity index (χ2v) is 6.72. The Morgan fingerprint density at radius 3 is 2.25 bits per heavy atom. The average molecular weight is 293 g/mol. The summed E-state index contributed by atoms with van der Waals surface area (Å²) in [5.41, 5.74) is 5.76. The SMILES string of the molecule is NCC1CCN(c2cc(N3CCSCC3)ncn2)CC1. The topological polar surface area (TPSA) is 58.3 Å². The summed E-state index contributed by atoms with van der Waals surface area (Å²) in [5.74, 6) is 5.23. The van der Waals surface area contributed by atoms with Gasteiger partial charge in [0.15, 0.2) is 0 Å². The number of piperidine rings is 1. The van der Waals surface area contributed by atoms with Crippen molar-refractivity contribution in [3.63, 3.8) is 0 Å². The van der Waals surface area contributed by atoms with Crippen molar-refractivity contribution in [2.75, 3.05) is 54.0 Å². The number of rotatable bonds is 3. The molecule has 3 heterocycles. The molecule has 0 aromatic carbocycles. The molecular weight excluding hydrogens is 270 g/mol. The van der Waals surface area contributed by atoms with Crippen molar-refractivity contribution in [1.82, 2.24) is 9.97 Å². The van der Waals surface area contributed by atoms with Gasteiger partial charge in [-0.3, -0.25) is 0 Å². The molecule has 2 fully saturated rings. The maximum Gasteiger partial charge on any atom is 0.134 e. The molecule has 3 rings (SSSR count). The number of hydrogen-bond acceptors (Lipinski definition) is 6. The van der Waals surface area contributed by atoms with Gasteiger partial charge < -0.3 is 15.5 Å². The lowest BCUT2D eigenvalue weighted by atomic mass is 9.97. The standard InChI is InChI=1S/C14H23N5S/c15-10-12-1-3-18(4-2-12)13-9-14(17-11-16-13)19-5-7-20-8-6-19/h9,11-12H,1-8,10,15H2. The lowest BCUT2D eigenvalue weighted by molar-refractivity contribution is 0.413. The predicted octanol–water partition coefficient (Wildman–Crippen LogP) is 1.20. The first-order valence-corrected chi connectivity index (χ1v) is 8.62. The normalized spacial score (nSPS) is 21.2. The van der Waals surface area contributed by atoms with Crippen LogP contribution in [0, 0.1) is 5.92 Å². The molecule has 0 unspecified atom stereocenters. The van der Waals surface area contributed by atoms with Crippen LogP contribution in [0.15, 0.2) is 12.4 Å². The third kappa shape index (κ3) is 3.17. The lowest BCUT2D eigenvalue weighted by Gasteiger charge is -2.33. The molecule has 0 bridgehead atoms. The Bertz CT molecular complexity index is 427. The highest BCUT2D eigenvalue weighted by molar-refractivity contribution is 7.99. The van der Waals surface area contributed by atoms with E-state index in [2.05, 4.69) is 25.8 Å². The van der Waals surface area contributed by atoms with Crippen LogP contribution in [0.1, 0.15) is 12.8 Å². The van der Waals surface area contributed by atoms with Crippen molar-refractivity contribution in [3.05, 3.63) is 12.4 Å². The third-order valence-electron chi connectivity index (χ3n) is 4.25. The van der Waals surface area contributed by atoms with Gasteiger partial charge in [0.25, 0.3) is 0 Å². The summed E-state index contributed by atoms with van der Waals surface area (Å²) in [6, 6.07) is 2.15. The Morgan fingerprint density at radius 1 is 1.05 bits per heavy atom. The van der Waals surface area contributed by atoms with Gasteiger partial charge in [-0.2, -0.15) is 11.8 Å². The molecule has 0 saturated carbocycles. The highest BCUT2D eigenvalue weighted by atomic mass is 32.2. The summed E-state index contributed by atoms with van der Waals surface area (Å²) in [4.78, 5) is 13.6. The smallest absolute Gasteiger partial charge is 0.134 e. The molecule has 2 N–H and O–H groups in total. The summed E-state index contributed by atoms with van der Waals surface area (Å²) in [6.45, 7) is 5.13. The fraction of sp³-hybridized carbons (Fsp3) is 0.714. The van der Waals surface area contributed by atoms with E-state index in [1.807, 2.05) is 11.8 Å². The van der Waals surface area contributed by atoms with Crippen molar-refractivity contribution >= 4 is 23.4 Å². The number of aromatic nitrogens is 2. The van der Waals surface area contributed by atoms with E-state index >= 15 is 0 Å². The minimum Gasteiger partial charge on any atom is -0.356 e. The van der Waals surface area contributed by atoms with E-state index in [0.29, 0.717) is 5.92 Å². The van der Waals surface area contributed by atoms with Crippen molar-refractivity contribution < 1.29 is 0 Å². The van der Waals surface area contributed by atoms with E-state index in [4.69, 9.17) is 5.73 Å². The molecule has 0 radical (unpaired) electrons. The number of thioether (sulfide) groups is 1. The van der Waals surface area contributed by atoms with Crippen LogP contribution in [0.25, 0.3) is 0 Å². The van der Waals surface area contributed by atoms with E-state index in [1.54, 1.807) is 6.33 Å². The van der Waals surface area contributed by atoms with Crippen molar-refractivity contribution in [2.24, 2.45) is 11.7 Å². The monoisotopic (exact) mass is 293 g/mol. The zero-order chi connectivity index (χ0) is 13.8. The molecule has 2 aliphatic heterocycles. The Morgan fingerprint density at radius 2 is 1.65 bits per heavy atom. The van der Waals surface area contributed by atoms with E-state index in [1.165, 1.54) is 24.3 Å². The zero-order valence-corrected chi connectivity index (χ0v) is 12.7. The number of nitrogens with two attached hydrogens (primary N) is 1. The molecular formula is C14H23N5S. The van der Waals surface area contributed by atoms with Crippen LogP contribution in [-0.4, -0.2) is 54.2 Å². The molecule has 2 aliphatic rings. The highest BCUT2D eigenvalue weighted by Crippen LogP contribution is 2.24. The van der Waals surface area contributed by atoms with Crippen LogP contribution in [0.3, 0.4) is 0 Å². The molecule has 2 saturated heterocycles. The minimum atomic E-state index is 0.687. The number of nitrogens with zero attached hydrogens (tertiary/aromatic N) is 4. The summed E-state index contributed by atoms with van der Waals surface area (Å²) in [6.07, 6.45) is 4.06. The molecule has 6 heteroatoms. The van der Waals surface area contributed by atoms with Gasteiger partial charge in [0, 0.05) is 43.8 Å². The van der Waals surface area contributed by atoms with Gasteiger partial charge in [-0.1, -0.05) is 0 Å². The number of hydrogen-bond donors (Lipinski definition) is 1. The first kappa shape index (κ1) is 13.9.